The summed E-state index contributed by atoms with van der Waals surface area (Å²) in [5.41, 5.74) is 4.33. The normalized spacial score (nSPS) is 18.8. The molecule has 1 aromatic heterocycles. The predicted octanol–water partition coefficient (Wildman–Crippen LogP) is 6.35. The summed E-state index contributed by atoms with van der Waals surface area (Å²) >= 11 is 0. The quantitative estimate of drug-likeness (QED) is 0.283. The van der Waals surface area contributed by atoms with E-state index >= 15 is 0 Å². The summed E-state index contributed by atoms with van der Waals surface area (Å²) in [6, 6.07) is 20.7. The van der Waals surface area contributed by atoms with E-state index in [4.69, 9.17) is 4.74 Å². The molecule has 0 unspecified atom stereocenters. The Bertz CT molecular complexity index is 1580. The van der Waals surface area contributed by atoms with Gasteiger partial charge in [-0.2, -0.15) is 13.2 Å². The Labute approximate surface area is 250 Å². The molecule has 1 aliphatic heterocycles. The fraction of sp³-hybridized carbons (Fsp3) is 0.382. The first kappa shape index (κ1) is 30.8. The molecule has 6 nitrogen and oxygen atoms in total. The van der Waals surface area contributed by atoms with Crippen molar-refractivity contribution in [3.8, 4) is 11.1 Å². The van der Waals surface area contributed by atoms with Crippen molar-refractivity contribution in [2.24, 2.45) is 13.0 Å². The number of aromatic nitrogens is 1. The van der Waals surface area contributed by atoms with Crippen molar-refractivity contribution in [2.45, 2.75) is 45.3 Å². The van der Waals surface area contributed by atoms with Crippen molar-refractivity contribution in [1.82, 2.24) is 14.4 Å². The van der Waals surface area contributed by atoms with E-state index < -0.39 is 17.8 Å². The highest BCUT2D eigenvalue weighted by Crippen LogP contribution is 2.38. The fourth-order valence-electron chi connectivity index (χ4n) is 6.01. The highest BCUT2D eigenvalue weighted by molar-refractivity contribution is 6.10. The molecule has 1 amide bonds. The van der Waals surface area contributed by atoms with Gasteiger partial charge in [-0.15, -0.1) is 0 Å². The molecule has 228 valence electrons. The number of benzene rings is 3. The van der Waals surface area contributed by atoms with Crippen LogP contribution in [-0.4, -0.2) is 64.3 Å². The van der Waals surface area contributed by atoms with Gasteiger partial charge in [0, 0.05) is 49.1 Å². The summed E-state index contributed by atoms with van der Waals surface area (Å²) in [5, 5.41) is 11.2. The average Bonchev–Trinajstić information content (AvgIpc) is 3.28. The van der Waals surface area contributed by atoms with Crippen LogP contribution >= 0.6 is 0 Å². The Morgan fingerprint density at radius 3 is 2.42 bits per heavy atom. The summed E-state index contributed by atoms with van der Waals surface area (Å²) in [4.78, 5) is 18.2. The summed E-state index contributed by atoms with van der Waals surface area (Å²) in [5.74, 6) is -0.271. The first-order valence-corrected chi connectivity index (χ1v) is 14.5. The third-order valence-corrected chi connectivity index (χ3v) is 8.45. The van der Waals surface area contributed by atoms with Crippen LogP contribution in [0.4, 0.5) is 13.2 Å². The minimum atomic E-state index is -4.38. The topological polar surface area (TPSA) is 57.9 Å². The molecule has 1 N–H and O–H groups in total. The lowest BCUT2D eigenvalue weighted by Gasteiger charge is -2.35. The molecule has 3 aromatic carbocycles. The van der Waals surface area contributed by atoms with Gasteiger partial charge in [0.2, 0.25) is 0 Å². The molecule has 0 fully saturated rings. The van der Waals surface area contributed by atoms with Crippen molar-refractivity contribution in [3.05, 3.63) is 95.2 Å². The van der Waals surface area contributed by atoms with E-state index in [1.807, 2.05) is 85.9 Å². The van der Waals surface area contributed by atoms with Gasteiger partial charge in [-0.05, 0) is 48.9 Å². The van der Waals surface area contributed by atoms with Crippen molar-refractivity contribution in [3.63, 3.8) is 0 Å². The van der Waals surface area contributed by atoms with E-state index in [0.29, 0.717) is 31.9 Å². The zero-order chi connectivity index (χ0) is 30.9. The monoisotopic (exact) mass is 593 g/mol. The summed E-state index contributed by atoms with van der Waals surface area (Å²) in [7, 11) is 3.82. The second-order valence-electron chi connectivity index (χ2n) is 11.7. The number of likely N-dealkylation sites (N-methyl/N-ethyl adjacent to an activating group) is 1. The minimum Gasteiger partial charge on any atom is -0.394 e. The van der Waals surface area contributed by atoms with Crippen LogP contribution in [0.2, 0.25) is 0 Å². The fourth-order valence-corrected chi connectivity index (χ4v) is 6.01. The van der Waals surface area contributed by atoms with Crippen molar-refractivity contribution >= 4 is 16.8 Å². The van der Waals surface area contributed by atoms with E-state index in [1.54, 1.807) is 4.90 Å². The first-order valence-electron chi connectivity index (χ1n) is 14.5. The number of carbonyl (C=O) groups excluding carboxylic acids is 1. The highest BCUT2D eigenvalue weighted by atomic mass is 19.4. The number of aryl methyl sites for hydroxylation is 1. The number of alkyl halides is 3. The van der Waals surface area contributed by atoms with Crippen LogP contribution in [0.15, 0.2) is 72.8 Å². The number of hydrogen-bond donors (Lipinski definition) is 1. The third kappa shape index (κ3) is 6.34. The Hall–Kier alpha value is -3.66. The van der Waals surface area contributed by atoms with Crippen LogP contribution in [0.1, 0.15) is 41.0 Å². The van der Waals surface area contributed by atoms with E-state index in [1.165, 1.54) is 12.1 Å². The maximum absolute atomic E-state index is 14.4. The van der Waals surface area contributed by atoms with Gasteiger partial charge in [-0.1, -0.05) is 61.5 Å². The van der Waals surface area contributed by atoms with E-state index in [9.17, 15) is 23.1 Å². The van der Waals surface area contributed by atoms with Crippen molar-refractivity contribution < 1.29 is 27.8 Å². The molecule has 0 spiro atoms. The van der Waals surface area contributed by atoms with Crippen LogP contribution in [0.5, 0.6) is 0 Å². The Kier molecular flexibility index (Phi) is 8.96. The van der Waals surface area contributed by atoms with Gasteiger partial charge in [0.05, 0.1) is 30.9 Å². The number of halogens is 3. The maximum atomic E-state index is 14.4. The smallest absolute Gasteiger partial charge is 0.394 e. The summed E-state index contributed by atoms with van der Waals surface area (Å²) < 4.78 is 47.7. The Morgan fingerprint density at radius 2 is 1.72 bits per heavy atom. The van der Waals surface area contributed by atoms with Crippen LogP contribution in [0.3, 0.4) is 0 Å². The molecule has 4 aromatic rings. The number of hydrogen-bond acceptors (Lipinski definition) is 4. The predicted molar refractivity (Wildman–Crippen MR) is 161 cm³/mol. The number of rotatable bonds is 6. The number of nitrogens with zero attached hydrogens (tertiary/aromatic N) is 3. The number of aliphatic hydroxyl groups is 1. The molecule has 9 heteroatoms. The van der Waals surface area contributed by atoms with Crippen LogP contribution in [-0.2, 0) is 31.1 Å². The van der Waals surface area contributed by atoms with Crippen LogP contribution < -0.4 is 0 Å². The van der Waals surface area contributed by atoms with Crippen LogP contribution in [0.25, 0.3) is 22.0 Å². The summed E-state index contributed by atoms with van der Waals surface area (Å²) in [6.45, 7) is 5.31. The molecule has 0 radical (unpaired) electrons. The average molecular weight is 594 g/mol. The van der Waals surface area contributed by atoms with E-state index in [0.717, 1.165) is 45.3 Å². The SMILES string of the molecule is C[C@@H]1CN([C@H](C)CO)C(=O)c2c(c3ccccc3n2C)-c2ccccc2CO[C@@H]1CN(C)Cc1ccc(C(F)(F)F)cc1. The first-order chi connectivity index (χ1) is 20.5. The molecule has 0 aliphatic carbocycles. The number of aliphatic hydroxyl groups excluding tert-OH is 1. The Balaban J connectivity index is 1.51. The molecule has 3 atom stereocenters. The molecular weight excluding hydrogens is 555 g/mol. The Morgan fingerprint density at radius 1 is 1.05 bits per heavy atom. The number of carbonyl (C=O) groups is 1. The third-order valence-electron chi connectivity index (χ3n) is 8.45. The molecule has 1 aliphatic rings. The number of amides is 1. The molecule has 2 heterocycles. The second kappa shape index (κ2) is 12.5. The summed E-state index contributed by atoms with van der Waals surface area (Å²) in [6.07, 6.45) is -4.67. The minimum absolute atomic E-state index is 0.114. The maximum Gasteiger partial charge on any atom is 0.416 e. The zero-order valence-electron chi connectivity index (χ0n) is 24.9. The van der Waals surface area contributed by atoms with E-state index in [2.05, 4.69) is 0 Å². The van der Waals surface area contributed by atoms with Gasteiger partial charge in [0.25, 0.3) is 5.91 Å². The van der Waals surface area contributed by atoms with Gasteiger partial charge in [0.1, 0.15) is 5.69 Å². The molecule has 43 heavy (non-hydrogen) atoms. The zero-order valence-corrected chi connectivity index (χ0v) is 24.9. The lowest BCUT2D eigenvalue weighted by Crippen LogP contribution is -2.47. The van der Waals surface area contributed by atoms with Crippen LogP contribution in [0, 0.1) is 5.92 Å². The van der Waals surface area contributed by atoms with Gasteiger partial charge in [-0.25, -0.2) is 0 Å². The van der Waals surface area contributed by atoms with Gasteiger partial charge < -0.3 is 19.3 Å². The van der Waals surface area contributed by atoms with Gasteiger partial charge >= 0.3 is 6.18 Å². The molecule has 5 rings (SSSR count). The van der Waals surface area contributed by atoms with Crippen molar-refractivity contribution in [2.75, 3.05) is 26.7 Å². The second-order valence-corrected chi connectivity index (χ2v) is 11.7. The van der Waals surface area contributed by atoms with Gasteiger partial charge in [-0.3, -0.25) is 9.69 Å². The van der Waals surface area contributed by atoms with E-state index in [-0.39, 0.29) is 24.5 Å². The molecule has 0 bridgehead atoms. The van der Waals surface area contributed by atoms with Crippen molar-refractivity contribution in [1.29, 1.82) is 0 Å². The number of fused-ring (bicyclic) bond motifs is 5. The number of para-hydroxylation sites is 1. The molecule has 0 saturated heterocycles. The standard InChI is InChI=1S/C34H38F3N3O3/c1-22-17-40(23(2)20-41)33(42)32-31(28-11-7-8-12-29(28)39(32)4)27-10-6-5-9-25(27)21-43-30(22)19-38(3)18-24-13-15-26(16-14-24)34(35,36)37/h5-16,22-23,30,41H,17-21H2,1-4H3/t22-,23-,30-/m1/s1. The molecular formula is C34H38F3N3O3. The largest absolute Gasteiger partial charge is 0.416 e. The lowest BCUT2D eigenvalue weighted by atomic mass is 9.96. The lowest BCUT2D eigenvalue weighted by molar-refractivity contribution is -0.137. The molecule has 0 saturated carbocycles. The number of ether oxygens (including phenoxy) is 1. The highest BCUT2D eigenvalue weighted by Gasteiger charge is 2.34. The van der Waals surface area contributed by atoms with Gasteiger partial charge in [0.15, 0.2) is 0 Å².